The van der Waals surface area contributed by atoms with Gasteiger partial charge >= 0.3 is 24.0 Å². The molecule has 3 N–H and O–H groups in total. The van der Waals surface area contributed by atoms with E-state index in [1.54, 1.807) is 0 Å². The molecule has 2 aliphatic rings. The molecule has 0 amide bonds. The van der Waals surface area contributed by atoms with Crippen LogP contribution in [0.3, 0.4) is 0 Å². The van der Waals surface area contributed by atoms with E-state index in [0.29, 0.717) is 49.5 Å². The van der Waals surface area contributed by atoms with Gasteiger partial charge in [-0.1, -0.05) is 0 Å². The Bertz CT molecular complexity index is 1860. The van der Waals surface area contributed by atoms with E-state index in [1.807, 2.05) is 0 Å². The van der Waals surface area contributed by atoms with Gasteiger partial charge in [0.25, 0.3) is 5.56 Å². The van der Waals surface area contributed by atoms with Crippen LogP contribution < -0.4 is 17.0 Å². The number of hydrogen-bond donors (Lipinski definition) is 2. The molecule has 1 aromatic heterocycles. The van der Waals surface area contributed by atoms with Crippen LogP contribution in [0.2, 0.25) is 0 Å². The lowest BCUT2D eigenvalue weighted by atomic mass is 9.96. The van der Waals surface area contributed by atoms with Gasteiger partial charge in [0.1, 0.15) is 5.88 Å². The van der Waals surface area contributed by atoms with E-state index in [0.717, 1.165) is 31.6 Å². The summed E-state index contributed by atoms with van der Waals surface area (Å²) in [5, 5.41) is -0.202. The fourth-order valence-electron chi connectivity index (χ4n) is 5.26. The first-order chi connectivity index (χ1) is 21.3. The molecular formula is C28H29F6N3O8S. The van der Waals surface area contributed by atoms with E-state index in [9.17, 15) is 49.1 Å². The molecule has 2 aromatic carbocycles. The van der Waals surface area contributed by atoms with Gasteiger partial charge in [-0.25, -0.2) is 22.6 Å². The number of esters is 1. The van der Waals surface area contributed by atoms with Gasteiger partial charge in [0, 0.05) is 25.2 Å². The largest absolute Gasteiger partial charge is 0.465 e. The van der Waals surface area contributed by atoms with Crippen LogP contribution in [0.5, 0.6) is 0 Å². The second-order valence-corrected chi connectivity index (χ2v) is 12.8. The molecule has 252 valence electrons. The predicted molar refractivity (Wildman–Crippen MR) is 152 cm³/mol. The maximum atomic E-state index is 13.4. The summed E-state index contributed by atoms with van der Waals surface area (Å²) < 4.78 is 118. The number of benzene rings is 2. The fraction of sp³-hybridized carbons (Fsp3) is 0.464. The zero-order valence-corrected chi connectivity index (χ0v) is 25.2. The smallest absolute Gasteiger partial charge is 0.416 e. The fourth-order valence-corrected chi connectivity index (χ4v) is 5.96. The number of nitrogens with two attached hydrogens (primary N) is 1. The minimum atomic E-state index is -4.70. The monoisotopic (exact) mass is 681 g/mol. The molecule has 0 radical (unpaired) electrons. The van der Waals surface area contributed by atoms with Crippen molar-refractivity contribution in [1.29, 1.82) is 0 Å². The van der Waals surface area contributed by atoms with Crippen LogP contribution in [0.4, 0.5) is 32.0 Å². The molecule has 0 spiro atoms. The topological polar surface area (TPSA) is 160 Å². The quantitative estimate of drug-likeness (QED) is 0.225. The van der Waals surface area contributed by atoms with E-state index in [-0.39, 0.29) is 33.3 Å². The molecule has 2 saturated heterocycles. The van der Waals surface area contributed by atoms with Gasteiger partial charge in [-0.05, 0) is 61.1 Å². The van der Waals surface area contributed by atoms with E-state index >= 15 is 0 Å². The SMILES string of the molecule is COC(=O)c1cc(C2CCCO2)c(C(F)(F)F)cc1N.CS(=O)(=O)Cn1c(=O)[nH]c2cc(C(F)(F)F)c(C3CCCO3)cc2c1=O. The number of fused-ring (bicyclic) bond motifs is 1. The maximum absolute atomic E-state index is 13.4. The van der Waals surface area contributed by atoms with Gasteiger partial charge in [0.05, 0.1) is 46.9 Å². The van der Waals surface area contributed by atoms with Gasteiger partial charge in [0.15, 0.2) is 9.84 Å². The van der Waals surface area contributed by atoms with Crippen molar-refractivity contribution in [3.8, 4) is 0 Å². The second kappa shape index (κ2) is 13.1. The molecule has 0 saturated carbocycles. The lowest BCUT2D eigenvalue weighted by Gasteiger charge is -2.19. The minimum absolute atomic E-state index is 0.0652. The normalized spacial score (nSPS) is 18.8. The number of aromatic amines is 1. The number of carbonyl (C=O) groups is 1. The number of aromatic nitrogens is 2. The van der Waals surface area contributed by atoms with Crippen molar-refractivity contribution in [2.75, 3.05) is 32.3 Å². The third-order valence-electron chi connectivity index (χ3n) is 7.31. The van der Waals surface area contributed by atoms with Gasteiger partial charge in [-0.3, -0.25) is 4.79 Å². The van der Waals surface area contributed by atoms with Crippen LogP contribution in [0, 0.1) is 0 Å². The molecule has 0 aliphatic carbocycles. The van der Waals surface area contributed by atoms with Crippen LogP contribution in [-0.2, 0) is 42.3 Å². The van der Waals surface area contributed by atoms with Gasteiger partial charge in [-0.15, -0.1) is 0 Å². The molecule has 2 unspecified atom stereocenters. The molecule has 3 aromatic rings. The number of sulfone groups is 1. The van der Waals surface area contributed by atoms with Crippen LogP contribution in [0.25, 0.3) is 10.9 Å². The lowest BCUT2D eigenvalue weighted by Crippen LogP contribution is -2.37. The average molecular weight is 682 g/mol. The minimum Gasteiger partial charge on any atom is -0.465 e. The van der Waals surface area contributed by atoms with Crippen LogP contribution in [-0.4, -0.2) is 50.5 Å². The van der Waals surface area contributed by atoms with E-state index in [2.05, 4.69) is 9.72 Å². The Morgan fingerprint density at radius 1 is 0.957 bits per heavy atom. The number of carbonyl (C=O) groups excluding carboxylic acids is 1. The Hall–Kier alpha value is -3.90. The number of methoxy groups -OCH3 is 1. The standard InChI is InChI=1S/C15H15F3N2O5S.C13H14F3NO3/c1-26(23,24)7-20-13(21)9-5-8(12-3-2-4-25-12)10(15(16,17)18)6-11(9)19-14(20)22;1-19-12(18)8-5-7(11-3-2-4-20-11)9(6-10(8)17)13(14,15)16/h5-6,12H,2-4,7H2,1H3,(H,19,22);5-6,11H,2-4,17H2,1H3. The Labute approximate surface area is 257 Å². The lowest BCUT2D eigenvalue weighted by molar-refractivity contribution is -0.140. The zero-order chi connectivity index (χ0) is 34.2. The van der Waals surface area contributed by atoms with Crippen molar-refractivity contribution in [2.45, 2.75) is 56.1 Å². The number of hydrogen-bond acceptors (Lipinski definition) is 9. The Kier molecular flexibility index (Phi) is 9.94. The number of nitrogens with zero attached hydrogens (tertiary/aromatic N) is 1. The summed E-state index contributed by atoms with van der Waals surface area (Å²) in [5.41, 5.74) is 0.695. The van der Waals surface area contributed by atoms with E-state index in [1.165, 1.54) is 0 Å². The Morgan fingerprint density at radius 2 is 1.48 bits per heavy atom. The summed E-state index contributed by atoms with van der Waals surface area (Å²) in [6.07, 6.45) is -7.78. The molecule has 2 fully saturated rings. The summed E-state index contributed by atoms with van der Waals surface area (Å²) in [7, 11) is -2.57. The molecule has 18 heteroatoms. The number of rotatable bonds is 5. The van der Waals surface area contributed by atoms with Crippen molar-refractivity contribution >= 4 is 32.4 Å². The highest BCUT2D eigenvalue weighted by molar-refractivity contribution is 7.89. The molecular weight excluding hydrogens is 652 g/mol. The number of alkyl halides is 6. The van der Waals surface area contributed by atoms with Gasteiger partial charge in [0.2, 0.25) is 0 Å². The number of nitrogens with one attached hydrogen (secondary N) is 1. The predicted octanol–water partition coefficient (Wildman–Crippen LogP) is 4.49. The molecule has 46 heavy (non-hydrogen) atoms. The van der Waals surface area contributed by atoms with Crippen LogP contribution in [0.1, 0.15) is 70.5 Å². The Balaban J connectivity index is 0.000000216. The average Bonchev–Trinajstić information content (AvgIpc) is 3.68. The first-order valence-corrected chi connectivity index (χ1v) is 15.8. The summed E-state index contributed by atoms with van der Waals surface area (Å²) >= 11 is 0. The number of H-pyrrole nitrogens is 1. The van der Waals surface area contributed by atoms with Crippen molar-refractivity contribution in [3.63, 3.8) is 0 Å². The molecule has 2 atom stereocenters. The number of anilines is 1. The highest BCUT2D eigenvalue weighted by Crippen LogP contribution is 2.42. The highest BCUT2D eigenvalue weighted by atomic mass is 32.2. The third kappa shape index (κ3) is 7.72. The molecule has 0 bridgehead atoms. The second-order valence-electron chi connectivity index (χ2n) is 10.7. The third-order valence-corrected chi connectivity index (χ3v) is 8.03. The highest BCUT2D eigenvalue weighted by Gasteiger charge is 2.39. The van der Waals surface area contributed by atoms with Crippen molar-refractivity contribution < 1.29 is 53.8 Å². The first-order valence-electron chi connectivity index (χ1n) is 13.7. The number of halogens is 6. The van der Waals surface area contributed by atoms with Gasteiger partial charge in [-0.2, -0.15) is 26.3 Å². The summed E-state index contributed by atoms with van der Waals surface area (Å²) in [6.45, 7) is 0.712. The van der Waals surface area contributed by atoms with Crippen molar-refractivity contribution in [1.82, 2.24) is 9.55 Å². The van der Waals surface area contributed by atoms with E-state index in [4.69, 9.17) is 15.2 Å². The van der Waals surface area contributed by atoms with Crippen molar-refractivity contribution in [2.24, 2.45) is 0 Å². The maximum Gasteiger partial charge on any atom is 0.416 e. The first kappa shape index (κ1) is 35.0. The molecule has 11 nitrogen and oxygen atoms in total. The van der Waals surface area contributed by atoms with E-state index < -0.39 is 68.6 Å². The van der Waals surface area contributed by atoms with Crippen molar-refractivity contribution in [3.05, 3.63) is 72.9 Å². The Morgan fingerprint density at radius 3 is 1.93 bits per heavy atom. The number of ether oxygens (including phenoxy) is 3. The van der Waals surface area contributed by atoms with Crippen LogP contribution >= 0.6 is 0 Å². The number of nitrogen functional groups attached to an aromatic ring is 1. The molecule has 2 aliphatic heterocycles. The summed E-state index contributed by atoms with van der Waals surface area (Å²) in [6, 6.07) is 3.62. The van der Waals surface area contributed by atoms with Crippen LogP contribution in [0.15, 0.2) is 33.9 Å². The zero-order valence-electron chi connectivity index (χ0n) is 24.4. The molecule has 5 rings (SSSR count). The summed E-state index contributed by atoms with van der Waals surface area (Å²) in [5.74, 6) is -1.64. The van der Waals surface area contributed by atoms with Gasteiger partial charge < -0.3 is 24.9 Å². The summed E-state index contributed by atoms with van der Waals surface area (Å²) in [4.78, 5) is 38.2. The molecule has 3 heterocycles.